The molecule has 4 aromatic carbocycles. The maximum atomic E-state index is 11.7. The smallest absolute Gasteiger partial charge is 0.183 e. The van der Waals surface area contributed by atoms with E-state index < -0.39 is 11.5 Å². The fourth-order valence-electron chi connectivity index (χ4n) is 7.66. The molecule has 0 bridgehead atoms. The van der Waals surface area contributed by atoms with Crippen LogP contribution >= 0.6 is 0 Å². The van der Waals surface area contributed by atoms with Crippen molar-refractivity contribution in [3.05, 3.63) is 63.3 Å². The van der Waals surface area contributed by atoms with E-state index in [1.807, 2.05) is 40.8 Å². The van der Waals surface area contributed by atoms with Gasteiger partial charge in [-0.25, -0.2) is 0 Å². The first kappa shape index (κ1) is 31.5. The number of hydrogen-bond donors (Lipinski definition) is 6. The quantitative estimate of drug-likeness (QED) is 0.0900. The van der Waals surface area contributed by atoms with Gasteiger partial charge in [-0.15, -0.1) is 0 Å². The number of benzene rings is 4. The number of phenols is 6. The van der Waals surface area contributed by atoms with E-state index in [2.05, 4.69) is 43.5 Å². The van der Waals surface area contributed by atoms with Gasteiger partial charge < -0.3 is 39.8 Å². The summed E-state index contributed by atoms with van der Waals surface area (Å²) >= 11 is 0. The third-order valence-corrected chi connectivity index (χ3v) is 10.9. The van der Waals surface area contributed by atoms with Crippen molar-refractivity contribution in [2.24, 2.45) is 0 Å². The zero-order valence-electron chi connectivity index (χ0n) is 28.9. The highest BCUT2D eigenvalue weighted by Gasteiger charge is 2.32. The number of fused-ring (bicyclic) bond motifs is 6. The summed E-state index contributed by atoms with van der Waals surface area (Å²) in [6.45, 7) is 13.7. The van der Waals surface area contributed by atoms with E-state index in [4.69, 9.17) is 0 Å². The largest absolute Gasteiger partial charge is 0.507 e. The van der Waals surface area contributed by atoms with Gasteiger partial charge in [-0.2, -0.15) is 0 Å². The van der Waals surface area contributed by atoms with Crippen LogP contribution in [-0.2, 0) is 11.8 Å². The van der Waals surface area contributed by atoms with Crippen molar-refractivity contribution >= 4 is 71.1 Å². The molecule has 0 saturated heterocycles. The third kappa shape index (κ3) is 3.98. The molecule has 8 nitrogen and oxygen atoms in total. The number of allylic oxidation sites excluding steroid dienone is 1. The van der Waals surface area contributed by atoms with Gasteiger partial charge in [0.2, 0.25) is 0 Å². The molecule has 7 rings (SSSR count). The third-order valence-electron chi connectivity index (χ3n) is 10.9. The fraction of sp³-hybridized carbons (Fsp3) is 0.263. The van der Waals surface area contributed by atoms with Crippen LogP contribution in [0.3, 0.4) is 0 Å². The summed E-state index contributed by atoms with van der Waals surface area (Å²) in [5.74, 6) is -1.38. The van der Waals surface area contributed by atoms with Crippen LogP contribution in [-0.4, -0.2) is 55.5 Å². The lowest BCUT2D eigenvalue weighted by Gasteiger charge is -2.23. The Labute approximate surface area is 280 Å². The monoisotopic (exact) mass is 642 g/mol. The molecule has 1 aliphatic rings. The van der Waals surface area contributed by atoms with Gasteiger partial charge in [0, 0.05) is 33.6 Å². The van der Waals surface area contributed by atoms with Crippen LogP contribution in [0.25, 0.3) is 50.2 Å². The summed E-state index contributed by atoms with van der Waals surface area (Å²) in [5, 5.41) is 69.7. The number of rotatable bonds is 2. The summed E-state index contributed by atoms with van der Waals surface area (Å²) in [5.41, 5.74) is 9.66. The van der Waals surface area contributed by atoms with Crippen LogP contribution in [0, 0.1) is 27.7 Å². The highest BCUT2D eigenvalue weighted by Crippen LogP contribution is 2.53. The van der Waals surface area contributed by atoms with Crippen molar-refractivity contribution in [3.8, 4) is 40.2 Å². The van der Waals surface area contributed by atoms with Crippen molar-refractivity contribution in [2.75, 3.05) is 0 Å². The standard InChI is InChI=1S/C38H40B2N2O6/c1-15-24-26-31(37(48)34(45)18(4)32(26)43)42(30(24)33(44)17(3)27(15)39)21-11-12-23-22(14-21)25-29(16(2)28(40)36(47)35(25)46)41(23)20-10-8-9-19(13-20)38(5,6)7/h8-10,13-14,43-48H,11-12,39-40H2,1-7H3. The van der Waals surface area contributed by atoms with Crippen molar-refractivity contribution in [1.29, 1.82) is 0 Å². The van der Waals surface area contributed by atoms with E-state index in [1.165, 1.54) is 0 Å². The van der Waals surface area contributed by atoms with E-state index in [1.54, 1.807) is 19.3 Å². The van der Waals surface area contributed by atoms with Gasteiger partial charge in [0.15, 0.2) is 23.0 Å². The highest BCUT2D eigenvalue weighted by atomic mass is 16.3. The van der Waals surface area contributed by atoms with Gasteiger partial charge in [0.05, 0.1) is 21.8 Å². The number of nitrogens with zero attached hydrogens (tertiary/aromatic N) is 2. The molecule has 6 N–H and O–H groups in total. The Kier molecular flexibility index (Phi) is 6.69. The van der Waals surface area contributed by atoms with Crippen LogP contribution in [0.5, 0.6) is 34.5 Å². The molecule has 0 aliphatic heterocycles. The lowest BCUT2D eigenvalue weighted by atomic mass is 9.84. The first-order chi connectivity index (χ1) is 22.5. The Bertz CT molecular complexity index is 2380. The number of aryl methyl sites for hydroxylation is 2. The molecule has 2 heterocycles. The van der Waals surface area contributed by atoms with Crippen molar-refractivity contribution in [2.45, 2.75) is 66.7 Å². The maximum Gasteiger partial charge on any atom is 0.183 e. The highest BCUT2D eigenvalue weighted by molar-refractivity contribution is 6.38. The topological polar surface area (TPSA) is 131 Å². The van der Waals surface area contributed by atoms with E-state index >= 15 is 0 Å². The molecule has 244 valence electrons. The minimum atomic E-state index is -0.434. The zero-order valence-corrected chi connectivity index (χ0v) is 28.9. The number of hydrogen-bond acceptors (Lipinski definition) is 6. The van der Waals surface area contributed by atoms with Gasteiger partial charge in [0.1, 0.15) is 32.7 Å². The lowest BCUT2D eigenvalue weighted by molar-refractivity contribution is 0.397. The molecule has 0 spiro atoms. The van der Waals surface area contributed by atoms with Gasteiger partial charge in [0.25, 0.3) is 0 Å². The average Bonchev–Trinajstić information content (AvgIpc) is 3.60. The first-order valence-corrected chi connectivity index (χ1v) is 16.3. The summed E-state index contributed by atoms with van der Waals surface area (Å²) in [7, 11) is 3.71. The molecular formula is C38H40B2N2O6. The Morgan fingerprint density at radius 3 is 1.94 bits per heavy atom. The second-order valence-corrected chi connectivity index (χ2v) is 14.5. The Balaban J connectivity index is 1.66. The van der Waals surface area contributed by atoms with Crippen LogP contribution < -0.4 is 10.9 Å². The summed E-state index contributed by atoms with van der Waals surface area (Å²) < 4.78 is 3.91. The SMILES string of the molecule is Bc1c(C)c(O)c2c(c1C)c1c(O)c(C)c(O)c(O)c1n2C1=Cc2c(n(-c3cccc(C(C)(C)C)c3)c3c(C)c(B)c(O)c(O)c23)CC1. The molecular weight excluding hydrogens is 602 g/mol. The molecule has 1 aliphatic carbocycles. The molecule has 0 fully saturated rings. The zero-order chi connectivity index (χ0) is 34.9. The van der Waals surface area contributed by atoms with Gasteiger partial charge in [-0.1, -0.05) is 38.4 Å². The van der Waals surface area contributed by atoms with Crippen molar-refractivity contribution < 1.29 is 30.6 Å². The Morgan fingerprint density at radius 1 is 0.604 bits per heavy atom. The molecule has 10 heteroatoms. The van der Waals surface area contributed by atoms with Crippen LogP contribution in [0.2, 0.25) is 0 Å². The average molecular weight is 642 g/mol. The lowest BCUT2D eigenvalue weighted by Crippen LogP contribution is -2.14. The fourth-order valence-corrected chi connectivity index (χ4v) is 7.66. The molecule has 2 aromatic heterocycles. The predicted molar refractivity (Wildman–Crippen MR) is 199 cm³/mol. The summed E-state index contributed by atoms with van der Waals surface area (Å²) in [6.07, 6.45) is 2.91. The summed E-state index contributed by atoms with van der Waals surface area (Å²) in [4.78, 5) is 0. The number of aromatic nitrogens is 2. The molecule has 0 amide bonds. The van der Waals surface area contributed by atoms with Gasteiger partial charge in [-0.3, -0.25) is 0 Å². The first-order valence-electron chi connectivity index (χ1n) is 16.3. The molecule has 48 heavy (non-hydrogen) atoms. The second kappa shape index (κ2) is 10.2. The normalized spacial score (nSPS) is 13.5. The summed E-state index contributed by atoms with van der Waals surface area (Å²) in [6, 6.07) is 8.37. The van der Waals surface area contributed by atoms with E-state index in [-0.39, 0.29) is 39.5 Å². The molecule has 0 unspecified atom stereocenters. The number of phenolic OH excluding ortho intramolecular Hbond substituents is 6. The molecule has 6 aromatic rings. The minimum absolute atomic E-state index is 0.0142. The van der Waals surface area contributed by atoms with Crippen LogP contribution in [0.4, 0.5) is 0 Å². The minimum Gasteiger partial charge on any atom is -0.507 e. The van der Waals surface area contributed by atoms with Crippen molar-refractivity contribution in [1.82, 2.24) is 9.13 Å². The van der Waals surface area contributed by atoms with Crippen LogP contribution in [0.1, 0.15) is 66.3 Å². The Morgan fingerprint density at radius 2 is 1.27 bits per heavy atom. The molecule has 0 saturated carbocycles. The Hall–Kier alpha value is -5.11. The van der Waals surface area contributed by atoms with Crippen molar-refractivity contribution in [3.63, 3.8) is 0 Å². The van der Waals surface area contributed by atoms with E-state index in [9.17, 15) is 30.6 Å². The van der Waals surface area contributed by atoms with E-state index in [0.29, 0.717) is 56.8 Å². The van der Waals surface area contributed by atoms with E-state index in [0.717, 1.165) is 39.1 Å². The second-order valence-electron chi connectivity index (χ2n) is 14.5. The van der Waals surface area contributed by atoms with Crippen LogP contribution in [0.15, 0.2) is 24.3 Å². The predicted octanol–water partition coefficient (Wildman–Crippen LogP) is 4.96. The van der Waals surface area contributed by atoms with Gasteiger partial charge in [-0.05, 0) is 91.9 Å². The molecule has 0 atom stereocenters. The maximum absolute atomic E-state index is 11.7. The number of aromatic hydroxyl groups is 6. The molecule has 0 radical (unpaired) electrons. The van der Waals surface area contributed by atoms with Gasteiger partial charge >= 0.3 is 0 Å².